The lowest BCUT2D eigenvalue weighted by molar-refractivity contribution is 0.131. The average Bonchev–Trinajstić information content (AvgIpc) is 2.81. The maximum absolute atomic E-state index is 9.14. The van der Waals surface area contributed by atoms with Crippen LogP contribution in [0.1, 0.15) is 19.3 Å². The first-order chi connectivity index (χ1) is 5.83. The van der Waals surface area contributed by atoms with Gasteiger partial charge in [0.15, 0.2) is 0 Å². The van der Waals surface area contributed by atoms with Crippen LogP contribution in [0, 0.1) is 11.3 Å². The zero-order valence-electron chi connectivity index (χ0n) is 7.70. The monoisotopic (exact) mass is 207 g/mol. The summed E-state index contributed by atoms with van der Waals surface area (Å²) in [6.45, 7) is 1.53. The normalized spacial score (nSPS) is 42.9. The standard InChI is InChI=1S/C9H17NO2.ClH/c11-5-7-4-9(7)2-1-3-10-8(9)6-12;/h7-8,10-12H,1-6H2;1H. The number of hydrogen-bond donors (Lipinski definition) is 3. The second-order valence-electron chi connectivity index (χ2n) is 4.11. The predicted molar refractivity (Wildman–Crippen MR) is 53.0 cm³/mol. The van der Waals surface area contributed by atoms with Crippen molar-refractivity contribution in [2.75, 3.05) is 19.8 Å². The van der Waals surface area contributed by atoms with Crippen molar-refractivity contribution in [2.45, 2.75) is 25.3 Å². The van der Waals surface area contributed by atoms with Gasteiger partial charge in [-0.15, -0.1) is 12.4 Å². The molecular weight excluding hydrogens is 190 g/mol. The number of aliphatic hydroxyl groups is 2. The van der Waals surface area contributed by atoms with Crippen LogP contribution in [0.15, 0.2) is 0 Å². The van der Waals surface area contributed by atoms with Gasteiger partial charge in [0, 0.05) is 12.6 Å². The van der Waals surface area contributed by atoms with Crippen molar-refractivity contribution < 1.29 is 10.2 Å². The smallest absolute Gasteiger partial charge is 0.0590 e. The van der Waals surface area contributed by atoms with E-state index in [2.05, 4.69) is 5.32 Å². The molecule has 3 N–H and O–H groups in total. The molecule has 0 aromatic heterocycles. The van der Waals surface area contributed by atoms with E-state index < -0.39 is 0 Å². The van der Waals surface area contributed by atoms with Crippen LogP contribution in [0.25, 0.3) is 0 Å². The summed E-state index contributed by atoms with van der Waals surface area (Å²) in [6.07, 6.45) is 3.46. The van der Waals surface area contributed by atoms with E-state index in [0.29, 0.717) is 5.92 Å². The highest BCUT2D eigenvalue weighted by molar-refractivity contribution is 5.85. The van der Waals surface area contributed by atoms with Gasteiger partial charge in [-0.25, -0.2) is 0 Å². The van der Waals surface area contributed by atoms with Gasteiger partial charge in [-0.05, 0) is 37.1 Å². The van der Waals surface area contributed by atoms with E-state index in [1.165, 1.54) is 12.8 Å². The van der Waals surface area contributed by atoms with Crippen LogP contribution in [0.2, 0.25) is 0 Å². The summed E-state index contributed by atoms with van der Waals surface area (Å²) in [5.74, 6) is 0.447. The van der Waals surface area contributed by atoms with Crippen molar-refractivity contribution in [3.63, 3.8) is 0 Å². The van der Waals surface area contributed by atoms with Gasteiger partial charge in [-0.1, -0.05) is 0 Å². The van der Waals surface area contributed by atoms with Crippen LogP contribution in [0.4, 0.5) is 0 Å². The van der Waals surface area contributed by atoms with Crippen LogP contribution in [-0.4, -0.2) is 36.0 Å². The minimum atomic E-state index is 0. The SMILES string of the molecule is Cl.OCC1CC12CCCNC2CO. The Morgan fingerprint density at radius 2 is 2.08 bits per heavy atom. The van der Waals surface area contributed by atoms with E-state index >= 15 is 0 Å². The Balaban J connectivity index is 0.000000845. The molecule has 0 radical (unpaired) electrons. The van der Waals surface area contributed by atoms with Gasteiger partial charge in [0.2, 0.25) is 0 Å². The van der Waals surface area contributed by atoms with Gasteiger partial charge in [0.1, 0.15) is 0 Å². The lowest BCUT2D eigenvalue weighted by atomic mass is 9.86. The number of halogens is 1. The summed E-state index contributed by atoms with van der Waals surface area (Å²) in [4.78, 5) is 0. The van der Waals surface area contributed by atoms with Gasteiger partial charge >= 0.3 is 0 Å². The molecule has 1 spiro atoms. The zero-order valence-corrected chi connectivity index (χ0v) is 8.52. The summed E-state index contributed by atoms with van der Waals surface area (Å²) in [5.41, 5.74) is 0.252. The Bertz CT molecular complexity index is 179. The first-order valence-electron chi connectivity index (χ1n) is 4.78. The van der Waals surface area contributed by atoms with Crippen molar-refractivity contribution in [2.24, 2.45) is 11.3 Å². The molecule has 2 fully saturated rings. The quantitative estimate of drug-likeness (QED) is 0.605. The Morgan fingerprint density at radius 3 is 2.62 bits per heavy atom. The number of piperidine rings is 1. The van der Waals surface area contributed by atoms with Crippen molar-refractivity contribution in [3.8, 4) is 0 Å². The molecule has 78 valence electrons. The fraction of sp³-hybridized carbons (Fsp3) is 1.00. The molecule has 0 aromatic rings. The second kappa shape index (κ2) is 4.13. The minimum absolute atomic E-state index is 0. The molecule has 3 atom stereocenters. The fourth-order valence-corrected chi connectivity index (χ4v) is 2.70. The van der Waals surface area contributed by atoms with Crippen molar-refractivity contribution >= 4 is 12.4 Å². The highest BCUT2D eigenvalue weighted by Crippen LogP contribution is 2.59. The van der Waals surface area contributed by atoms with Crippen molar-refractivity contribution in [3.05, 3.63) is 0 Å². The van der Waals surface area contributed by atoms with E-state index in [1.54, 1.807) is 0 Å². The third kappa shape index (κ3) is 1.71. The molecule has 0 bridgehead atoms. The largest absolute Gasteiger partial charge is 0.396 e. The Morgan fingerprint density at radius 1 is 1.31 bits per heavy atom. The van der Waals surface area contributed by atoms with Gasteiger partial charge < -0.3 is 15.5 Å². The van der Waals surface area contributed by atoms with Crippen LogP contribution < -0.4 is 5.32 Å². The van der Waals surface area contributed by atoms with Crippen LogP contribution >= 0.6 is 12.4 Å². The molecule has 0 aromatic carbocycles. The number of rotatable bonds is 2. The summed E-state index contributed by atoms with van der Waals surface area (Å²) >= 11 is 0. The molecule has 3 nitrogen and oxygen atoms in total. The molecule has 1 aliphatic carbocycles. The molecule has 1 saturated carbocycles. The Kier molecular flexibility index (Phi) is 3.57. The maximum atomic E-state index is 9.14. The first kappa shape index (κ1) is 11.2. The summed E-state index contributed by atoms with van der Waals surface area (Å²) in [5, 5.41) is 21.5. The van der Waals surface area contributed by atoms with Gasteiger partial charge in [0.25, 0.3) is 0 Å². The van der Waals surface area contributed by atoms with Crippen LogP contribution in [-0.2, 0) is 0 Å². The highest BCUT2D eigenvalue weighted by atomic mass is 35.5. The van der Waals surface area contributed by atoms with Gasteiger partial charge in [-0.3, -0.25) is 0 Å². The molecule has 2 rings (SSSR count). The minimum Gasteiger partial charge on any atom is -0.396 e. The third-order valence-corrected chi connectivity index (χ3v) is 3.59. The molecule has 1 aliphatic heterocycles. The van der Waals surface area contributed by atoms with E-state index in [-0.39, 0.29) is 37.1 Å². The number of hydrogen-bond acceptors (Lipinski definition) is 3. The number of aliphatic hydroxyl groups excluding tert-OH is 2. The topological polar surface area (TPSA) is 52.5 Å². The lowest BCUT2D eigenvalue weighted by Gasteiger charge is -2.32. The second-order valence-corrected chi connectivity index (χ2v) is 4.11. The van der Waals surface area contributed by atoms with E-state index in [1.807, 2.05) is 0 Å². The van der Waals surface area contributed by atoms with E-state index in [0.717, 1.165) is 13.0 Å². The molecule has 1 saturated heterocycles. The summed E-state index contributed by atoms with van der Waals surface area (Å²) in [7, 11) is 0. The van der Waals surface area contributed by atoms with Crippen LogP contribution in [0.3, 0.4) is 0 Å². The predicted octanol–water partition coefficient (Wildman–Crippen LogP) is 0.151. The Labute approximate surface area is 84.9 Å². The van der Waals surface area contributed by atoms with Crippen molar-refractivity contribution in [1.82, 2.24) is 5.32 Å². The van der Waals surface area contributed by atoms with Crippen molar-refractivity contribution in [1.29, 1.82) is 0 Å². The van der Waals surface area contributed by atoms with Gasteiger partial charge in [0.05, 0.1) is 6.61 Å². The Hall–Kier alpha value is 0.170. The van der Waals surface area contributed by atoms with E-state index in [9.17, 15) is 0 Å². The van der Waals surface area contributed by atoms with Crippen LogP contribution in [0.5, 0.6) is 0 Å². The third-order valence-electron chi connectivity index (χ3n) is 3.59. The van der Waals surface area contributed by atoms with Gasteiger partial charge in [-0.2, -0.15) is 0 Å². The molecule has 3 unspecified atom stereocenters. The molecule has 2 aliphatic rings. The lowest BCUT2D eigenvalue weighted by Crippen LogP contribution is -2.46. The molecule has 13 heavy (non-hydrogen) atoms. The molecular formula is C9H18ClNO2. The zero-order chi connectivity index (χ0) is 8.60. The fourth-order valence-electron chi connectivity index (χ4n) is 2.70. The summed E-state index contributed by atoms with van der Waals surface area (Å²) in [6, 6.07) is 0.239. The van der Waals surface area contributed by atoms with E-state index in [4.69, 9.17) is 10.2 Å². The first-order valence-corrected chi connectivity index (χ1v) is 4.78. The molecule has 1 heterocycles. The number of nitrogens with one attached hydrogen (secondary N) is 1. The average molecular weight is 208 g/mol. The summed E-state index contributed by atoms with van der Waals surface area (Å²) < 4.78 is 0. The maximum Gasteiger partial charge on any atom is 0.0590 e. The molecule has 4 heteroatoms. The molecule has 0 amide bonds. The highest BCUT2D eigenvalue weighted by Gasteiger charge is 2.58.